The van der Waals surface area contributed by atoms with Crippen molar-refractivity contribution in [3.8, 4) is 5.75 Å². The smallest absolute Gasteiger partial charge is 0.118 e. The molecule has 0 spiro atoms. The van der Waals surface area contributed by atoms with Gasteiger partial charge in [-0.1, -0.05) is 95.1 Å². The van der Waals surface area contributed by atoms with Crippen LogP contribution in [-0.2, 0) is 6.42 Å². The second kappa shape index (κ2) is 16.2. The second-order valence-corrected chi connectivity index (χ2v) is 7.32. The quantitative estimate of drug-likeness (QED) is 0.238. The molecule has 0 aliphatic carbocycles. The molecule has 0 aliphatic heterocycles. The van der Waals surface area contributed by atoms with Gasteiger partial charge in [-0.15, -0.1) is 0 Å². The number of unbranched alkanes of at least 4 members (excludes halogenated alkanes) is 12. The van der Waals surface area contributed by atoms with E-state index in [4.69, 9.17) is 0 Å². The Hall–Kier alpha value is -1.24. The number of rotatable bonds is 16. The zero-order chi connectivity index (χ0) is 18.0. The van der Waals surface area contributed by atoms with Crippen LogP contribution < -0.4 is 0 Å². The van der Waals surface area contributed by atoms with Crippen molar-refractivity contribution in [2.75, 3.05) is 0 Å². The fraction of sp³-hybridized carbons (Fsp3) is 0.667. The normalized spacial score (nSPS) is 11.4. The minimum atomic E-state index is 0.454. The summed E-state index contributed by atoms with van der Waals surface area (Å²) in [6, 6.07) is 7.72. The molecular weight excluding hydrogens is 304 g/mol. The molecule has 0 saturated heterocycles. The summed E-state index contributed by atoms with van der Waals surface area (Å²) < 4.78 is 0. The van der Waals surface area contributed by atoms with Crippen molar-refractivity contribution >= 4 is 0 Å². The number of para-hydroxylation sites is 1. The van der Waals surface area contributed by atoms with Crippen LogP contribution in [0.5, 0.6) is 5.75 Å². The topological polar surface area (TPSA) is 20.2 Å². The number of aryl methyl sites for hydroxylation is 1. The van der Waals surface area contributed by atoms with Gasteiger partial charge in [-0.05, 0) is 50.2 Å². The summed E-state index contributed by atoms with van der Waals surface area (Å²) in [4.78, 5) is 0. The molecule has 0 heterocycles. The molecule has 0 amide bonds. The Labute approximate surface area is 156 Å². The van der Waals surface area contributed by atoms with Gasteiger partial charge < -0.3 is 5.11 Å². The fourth-order valence-corrected chi connectivity index (χ4v) is 3.29. The van der Waals surface area contributed by atoms with Crippen LogP contribution >= 0.6 is 0 Å². The Balaban J connectivity index is 1.81. The van der Waals surface area contributed by atoms with Crippen LogP contribution in [0.4, 0.5) is 0 Å². The summed E-state index contributed by atoms with van der Waals surface area (Å²) in [6.07, 6.45) is 24.6. The standard InChI is InChI=1S/C24H40O/c1-2-3-4-5-6-7-8-9-10-11-12-13-14-15-16-17-20-23-21-18-19-22-24(23)25/h9-10,18-19,21-22,25H,2-8,11-17,20H2,1H3. The van der Waals surface area contributed by atoms with Crippen LogP contribution in [0.3, 0.4) is 0 Å². The van der Waals surface area contributed by atoms with Gasteiger partial charge in [0, 0.05) is 0 Å². The summed E-state index contributed by atoms with van der Waals surface area (Å²) in [6.45, 7) is 2.28. The number of hydrogen-bond acceptors (Lipinski definition) is 1. The Kier molecular flexibility index (Phi) is 14.2. The molecule has 0 aromatic heterocycles. The summed E-state index contributed by atoms with van der Waals surface area (Å²) in [5, 5.41) is 9.73. The molecule has 1 nitrogen and oxygen atoms in total. The lowest BCUT2D eigenvalue weighted by Gasteiger charge is -2.04. The summed E-state index contributed by atoms with van der Waals surface area (Å²) >= 11 is 0. The zero-order valence-electron chi connectivity index (χ0n) is 16.5. The zero-order valence-corrected chi connectivity index (χ0v) is 16.5. The van der Waals surface area contributed by atoms with Gasteiger partial charge in [0.2, 0.25) is 0 Å². The van der Waals surface area contributed by atoms with E-state index in [1.54, 1.807) is 6.07 Å². The molecule has 0 saturated carbocycles. The van der Waals surface area contributed by atoms with Gasteiger partial charge in [0.15, 0.2) is 0 Å². The molecular formula is C24H40O. The van der Waals surface area contributed by atoms with Crippen LogP contribution in [0, 0.1) is 0 Å². The predicted octanol–water partition coefficient (Wildman–Crippen LogP) is 7.97. The molecule has 0 radical (unpaired) electrons. The highest BCUT2D eigenvalue weighted by Gasteiger charge is 1.99. The van der Waals surface area contributed by atoms with E-state index in [0.29, 0.717) is 5.75 Å². The Bertz CT molecular complexity index is 435. The molecule has 0 atom stereocenters. The lowest BCUT2D eigenvalue weighted by Crippen LogP contribution is -1.87. The lowest BCUT2D eigenvalue weighted by molar-refractivity contribution is 0.466. The molecule has 0 bridgehead atoms. The highest BCUT2D eigenvalue weighted by Crippen LogP contribution is 2.19. The number of phenols is 1. The average Bonchev–Trinajstić information content (AvgIpc) is 2.63. The first-order chi connectivity index (χ1) is 12.3. The van der Waals surface area contributed by atoms with E-state index in [0.717, 1.165) is 12.0 Å². The molecule has 0 fully saturated rings. The molecule has 1 aromatic rings. The predicted molar refractivity (Wildman–Crippen MR) is 111 cm³/mol. The van der Waals surface area contributed by atoms with Crippen molar-refractivity contribution in [1.29, 1.82) is 0 Å². The van der Waals surface area contributed by atoms with E-state index in [1.807, 2.05) is 18.2 Å². The first-order valence-corrected chi connectivity index (χ1v) is 10.8. The molecule has 1 rings (SSSR count). The second-order valence-electron chi connectivity index (χ2n) is 7.32. The van der Waals surface area contributed by atoms with Gasteiger partial charge in [0.25, 0.3) is 0 Å². The van der Waals surface area contributed by atoms with Crippen molar-refractivity contribution in [3.05, 3.63) is 42.0 Å². The van der Waals surface area contributed by atoms with Gasteiger partial charge in [-0.2, -0.15) is 0 Å². The van der Waals surface area contributed by atoms with Crippen molar-refractivity contribution in [2.24, 2.45) is 0 Å². The fourth-order valence-electron chi connectivity index (χ4n) is 3.29. The number of benzene rings is 1. The van der Waals surface area contributed by atoms with Gasteiger partial charge in [0.05, 0.1) is 0 Å². The molecule has 142 valence electrons. The van der Waals surface area contributed by atoms with E-state index in [1.165, 1.54) is 89.9 Å². The highest BCUT2D eigenvalue weighted by molar-refractivity contribution is 5.31. The maximum Gasteiger partial charge on any atom is 0.118 e. The Morgan fingerprint density at radius 1 is 0.680 bits per heavy atom. The third-order valence-corrected chi connectivity index (χ3v) is 4.95. The van der Waals surface area contributed by atoms with Crippen molar-refractivity contribution in [1.82, 2.24) is 0 Å². The van der Waals surface area contributed by atoms with Crippen LogP contribution in [0.1, 0.15) is 102 Å². The minimum absolute atomic E-state index is 0.454. The number of aromatic hydroxyl groups is 1. The van der Waals surface area contributed by atoms with Gasteiger partial charge in [-0.25, -0.2) is 0 Å². The summed E-state index contributed by atoms with van der Waals surface area (Å²) in [5.74, 6) is 0.454. The average molecular weight is 345 g/mol. The Morgan fingerprint density at radius 2 is 1.20 bits per heavy atom. The number of phenolic OH excluding ortho intramolecular Hbond substituents is 1. The van der Waals surface area contributed by atoms with Crippen LogP contribution in [0.25, 0.3) is 0 Å². The monoisotopic (exact) mass is 344 g/mol. The van der Waals surface area contributed by atoms with Gasteiger partial charge in [0.1, 0.15) is 5.75 Å². The maximum atomic E-state index is 9.73. The van der Waals surface area contributed by atoms with Crippen molar-refractivity contribution in [3.63, 3.8) is 0 Å². The first kappa shape index (κ1) is 21.8. The number of hydrogen-bond donors (Lipinski definition) is 1. The van der Waals surface area contributed by atoms with Crippen molar-refractivity contribution < 1.29 is 5.11 Å². The number of allylic oxidation sites excluding steroid dienone is 2. The van der Waals surface area contributed by atoms with Crippen LogP contribution in [-0.4, -0.2) is 5.11 Å². The molecule has 0 unspecified atom stereocenters. The largest absolute Gasteiger partial charge is 0.508 e. The maximum absolute atomic E-state index is 9.73. The molecule has 1 heteroatoms. The minimum Gasteiger partial charge on any atom is -0.508 e. The van der Waals surface area contributed by atoms with E-state index in [-0.39, 0.29) is 0 Å². The van der Waals surface area contributed by atoms with Gasteiger partial charge in [-0.3, -0.25) is 0 Å². The Morgan fingerprint density at radius 3 is 1.80 bits per heavy atom. The van der Waals surface area contributed by atoms with Gasteiger partial charge >= 0.3 is 0 Å². The highest BCUT2D eigenvalue weighted by atomic mass is 16.3. The van der Waals surface area contributed by atoms with Crippen LogP contribution in [0.15, 0.2) is 36.4 Å². The molecule has 25 heavy (non-hydrogen) atoms. The third-order valence-electron chi connectivity index (χ3n) is 4.95. The summed E-state index contributed by atoms with van der Waals surface area (Å²) in [5.41, 5.74) is 1.10. The first-order valence-electron chi connectivity index (χ1n) is 10.8. The third kappa shape index (κ3) is 12.7. The van der Waals surface area contributed by atoms with E-state index in [2.05, 4.69) is 19.1 Å². The van der Waals surface area contributed by atoms with E-state index < -0.39 is 0 Å². The van der Waals surface area contributed by atoms with Crippen LogP contribution in [0.2, 0.25) is 0 Å². The van der Waals surface area contributed by atoms with E-state index in [9.17, 15) is 5.11 Å². The molecule has 0 aliphatic rings. The van der Waals surface area contributed by atoms with E-state index >= 15 is 0 Å². The molecule has 1 N–H and O–H groups in total. The summed E-state index contributed by atoms with van der Waals surface area (Å²) in [7, 11) is 0. The lowest BCUT2D eigenvalue weighted by atomic mass is 10.0. The van der Waals surface area contributed by atoms with Crippen molar-refractivity contribution in [2.45, 2.75) is 103 Å². The molecule has 1 aromatic carbocycles. The SMILES string of the molecule is CCCCCCCCC=CCCCCCCCCc1ccccc1O.